The summed E-state index contributed by atoms with van der Waals surface area (Å²) in [6, 6.07) is 15.2. The first kappa shape index (κ1) is 20.3. The van der Waals surface area contributed by atoms with Crippen LogP contribution in [0.3, 0.4) is 0 Å². The van der Waals surface area contributed by atoms with Crippen LogP contribution in [0.5, 0.6) is 0 Å². The minimum Gasteiger partial charge on any atom is -0.457 e. The summed E-state index contributed by atoms with van der Waals surface area (Å²) in [7, 11) is 0. The molecule has 1 aliphatic heterocycles. The van der Waals surface area contributed by atoms with Crippen molar-refractivity contribution in [2.75, 3.05) is 0 Å². The number of alkyl halides is 3. The van der Waals surface area contributed by atoms with Gasteiger partial charge in [0.1, 0.15) is 11.5 Å². The van der Waals surface area contributed by atoms with Crippen molar-refractivity contribution >= 4 is 46.2 Å². The number of nitrogens with one attached hydrogen (secondary N) is 1. The summed E-state index contributed by atoms with van der Waals surface area (Å²) in [5.41, 5.74) is 0.00384. The van der Waals surface area contributed by atoms with Gasteiger partial charge in [-0.25, -0.2) is 4.99 Å². The van der Waals surface area contributed by atoms with Crippen LogP contribution in [0.15, 0.2) is 75.0 Å². The summed E-state index contributed by atoms with van der Waals surface area (Å²) in [5, 5.41) is 3.26. The summed E-state index contributed by atoms with van der Waals surface area (Å²) in [4.78, 5) is 16.6. The number of amidine groups is 1. The van der Waals surface area contributed by atoms with E-state index < -0.39 is 17.6 Å². The molecule has 2 heterocycles. The van der Waals surface area contributed by atoms with Gasteiger partial charge >= 0.3 is 6.18 Å². The lowest BCUT2D eigenvalue weighted by molar-refractivity contribution is -0.137. The van der Waals surface area contributed by atoms with Crippen molar-refractivity contribution in [2.45, 2.75) is 6.18 Å². The Morgan fingerprint density at radius 2 is 1.87 bits per heavy atom. The molecule has 1 saturated heterocycles. The SMILES string of the molecule is O=C1NC(=Nc2cccc(C(F)(F)F)c2)S/C1=C/c1ccc(-c2ccccc2Cl)o1. The molecule has 9 heteroatoms. The first-order valence-corrected chi connectivity index (χ1v) is 9.80. The molecule has 4 rings (SSSR count). The van der Waals surface area contributed by atoms with Gasteiger partial charge in [0.2, 0.25) is 0 Å². The molecule has 1 aliphatic rings. The van der Waals surface area contributed by atoms with Crippen molar-refractivity contribution in [3.8, 4) is 11.3 Å². The number of carbonyl (C=O) groups excluding carboxylic acids is 1. The Morgan fingerprint density at radius 3 is 2.63 bits per heavy atom. The van der Waals surface area contributed by atoms with Crippen molar-refractivity contribution in [3.05, 3.63) is 81.9 Å². The van der Waals surface area contributed by atoms with Crippen LogP contribution in [0, 0.1) is 0 Å². The monoisotopic (exact) mass is 448 g/mol. The fraction of sp³-hybridized carbons (Fsp3) is 0.0476. The van der Waals surface area contributed by atoms with E-state index in [1.54, 1.807) is 18.2 Å². The second kappa shape index (κ2) is 8.04. The van der Waals surface area contributed by atoms with E-state index in [9.17, 15) is 18.0 Å². The lowest BCUT2D eigenvalue weighted by Gasteiger charge is -2.06. The molecule has 0 unspecified atom stereocenters. The van der Waals surface area contributed by atoms with E-state index >= 15 is 0 Å². The number of furan rings is 1. The van der Waals surface area contributed by atoms with Gasteiger partial charge in [-0.1, -0.05) is 29.8 Å². The Kier molecular flexibility index (Phi) is 5.44. The number of halogens is 4. The van der Waals surface area contributed by atoms with E-state index in [4.69, 9.17) is 16.0 Å². The molecule has 1 N–H and O–H groups in total. The molecule has 1 amide bonds. The van der Waals surface area contributed by atoms with Crippen molar-refractivity contribution < 1.29 is 22.4 Å². The quantitative estimate of drug-likeness (QED) is 0.465. The zero-order chi connectivity index (χ0) is 21.3. The first-order chi connectivity index (χ1) is 14.3. The summed E-state index contributed by atoms with van der Waals surface area (Å²) in [5.74, 6) is 0.568. The van der Waals surface area contributed by atoms with E-state index in [1.165, 1.54) is 18.2 Å². The molecule has 0 aliphatic carbocycles. The maximum atomic E-state index is 12.8. The second-order valence-electron chi connectivity index (χ2n) is 6.21. The maximum Gasteiger partial charge on any atom is 0.416 e. The lowest BCUT2D eigenvalue weighted by Crippen LogP contribution is -2.19. The van der Waals surface area contributed by atoms with E-state index in [-0.39, 0.29) is 10.9 Å². The summed E-state index contributed by atoms with van der Waals surface area (Å²) >= 11 is 7.18. The van der Waals surface area contributed by atoms with Gasteiger partial charge in [-0.2, -0.15) is 13.2 Å². The van der Waals surface area contributed by atoms with Crippen LogP contribution in [0.1, 0.15) is 11.3 Å². The lowest BCUT2D eigenvalue weighted by atomic mass is 10.2. The maximum absolute atomic E-state index is 12.8. The van der Waals surface area contributed by atoms with E-state index in [0.717, 1.165) is 29.5 Å². The van der Waals surface area contributed by atoms with Crippen LogP contribution < -0.4 is 5.32 Å². The topological polar surface area (TPSA) is 54.6 Å². The number of carbonyl (C=O) groups is 1. The fourth-order valence-electron chi connectivity index (χ4n) is 2.71. The van der Waals surface area contributed by atoms with Gasteiger partial charge in [0.25, 0.3) is 5.91 Å². The third-order valence-electron chi connectivity index (χ3n) is 4.09. The number of hydrogen-bond donors (Lipinski definition) is 1. The number of nitrogens with zero attached hydrogens (tertiary/aromatic N) is 1. The van der Waals surface area contributed by atoms with Crippen molar-refractivity contribution in [3.63, 3.8) is 0 Å². The van der Waals surface area contributed by atoms with Gasteiger partial charge in [0.15, 0.2) is 5.17 Å². The largest absolute Gasteiger partial charge is 0.457 e. The molecule has 2 aromatic carbocycles. The molecule has 0 spiro atoms. The number of hydrogen-bond acceptors (Lipinski definition) is 4. The fourth-order valence-corrected chi connectivity index (χ4v) is 3.77. The first-order valence-electron chi connectivity index (χ1n) is 8.61. The molecule has 0 atom stereocenters. The Labute approximate surface area is 178 Å². The highest BCUT2D eigenvalue weighted by molar-refractivity contribution is 8.18. The van der Waals surface area contributed by atoms with Crippen molar-refractivity contribution in [2.24, 2.45) is 4.99 Å². The van der Waals surface area contributed by atoms with Gasteiger partial charge < -0.3 is 9.73 Å². The molecule has 30 heavy (non-hydrogen) atoms. The Morgan fingerprint density at radius 1 is 1.07 bits per heavy atom. The molecule has 0 bridgehead atoms. The average molecular weight is 449 g/mol. The van der Waals surface area contributed by atoms with Gasteiger partial charge in [-0.15, -0.1) is 0 Å². The van der Waals surface area contributed by atoms with Gasteiger partial charge in [0.05, 0.1) is 21.2 Å². The molecule has 3 aromatic rings. The van der Waals surface area contributed by atoms with E-state index in [2.05, 4.69) is 10.3 Å². The Balaban J connectivity index is 1.55. The highest BCUT2D eigenvalue weighted by Crippen LogP contribution is 2.34. The zero-order valence-corrected chi connectivity index (χ0v) is 16.6. The number of benzene rings is 2. The van der Waals surface area contributed by atoms with Crippen LogP contribution >= 0.6 is 23.4 Å². The van der Waals surface area contributed by atoms with Crippen LogP contribution in [0.2, 0.25) is 5.02 Å². The summed E-state index contributed by atoms with van der Waals surface area (Å²) < 4.78 is 44.3. The zero-order valence-electron chi connectivity index (χ0n) is 15.0. The minimum absolute atomic E-state index is 0.0906. The highest BCUT2D eigenvalue weighted by atomic mass is 35.5. The third-order valence-corrected chi connectivity index (χ3v) is 5.33. The standard InChI is InChI=1S/C21H12ClF3N2O2S/c22-16-7-2-1-6-15(16)17-9-8-14(29-17)11-18-19(28)27-20(30-18)26-13-5-3-4-12(10-13)21(23,24)25/h1-11H,(H,26,27,28)/b18-11+. The smallest absolute Gasteiger partial charge is 0.416 e. The van der Waals surface area contributed by atoms with E-state index in [0.29, 0.717) is 21.4 Å². The van der Waals surface area contributed by atoms with Crippen LogP contribution in [-0.4, -0.2) is 11.1 Å². The second-order valence-corrected chi connectivity index (χ2v) is 7.65. The molecule has 0 radical (unpaired) electrons. The molecular formula is C21H12ClF3N2O2S. The number of aliphatic imine (C=N–C) groups is 1. The van der Waals surface area contributed by atoms with Crippen LogP contribution in [0.25, 0.3) is 17.4 Å². The third kappa shape index (κ3) is 4.44. The number of amides is 1. The average Bonchev–Trinajstić information content (AvgIpc) is 3.29. The van der Waals surface area contributed by atoms with Crippen LogP contribution in [0.4, 0.5) is 18.9 Å². The van der Waals surface area contributed by atoms with Gasteiger partial charge in [-0.3, -0.25) is 4.79 Å². The molecule has 152 valence electrons. The van der Waals surface area contributed by atoms with Gasteiger partial charge in [0, 0.05) is 11.6 Å². The predicted octanol–water partition coefficient (Wildman–Crippen LogP) is 6.51. The highest BCUT2D eigenvalue weighted by Gasteiger charge is 2.30. The Bertz CT molecular complexity index is 1180. The molecule has 4 nitrogen and oxygen atoms in total. The number of thioether (sulfide) groups is 1. The summed E-state index contributed by atoms with van der Waals surface area (Å²) in [6.07, 6.45) is -2.93. The minimum atomic E-state index is -4.47. The van der Waals surface area contributed by atoms with Crippen molar-refractivity contribution in [1.82, 2.24) is 5.32 Å². The molecule has 1 aromatic heterocycles. The van der Waals surface area contributed by atoms with Crippen LogP contribution in [-0.2, 0) is 11.0 Å². The molecule has 0 saturated carbocycles. The molecular weight excluding hydrogens is 437 g/mol. The summed E-state index contributed by atoms with van der Waals surface area (Å²) in [6.45, 7) is 0. The van der Waals surface area contributed by atoms with E-state index in [1.807, 2.05) is 18.2 Å². The Hall–Kier alpha value is -2.97. The van der Waals surface area contributed by atoms with Crippen molar-refractivity contribution in [1.29, 1.82) is 0 Å². The van der Waals surface area contributed by atoms with Gasteiger partial charge in [-0.05, 0) is 54.2 Å². The molecule has 1 fully saturated rings. The number of rotatable bonds is 3. The normalized spacial score (nSPS) is 17.0. The predicted molar refractivity (Wildman–Crippen MR) is 111 cm³/mol.